The van der Waals surface area contributed by atoms with E-state index in [4.69, 9.17) is 4.98 Å². The third-order valence-corrected chi connectivity index (χ3v) is 7.25. The molecule has 0 fully saturated rings. The first-order valence-corrected chi connectivity index (χ1v) is 10.9. The van der Waals surface area contributed by atoms with E-state index in [1.165, 1.54) is 47.4 Å². The molecule has 0 amide bonds. The van der Waals surface area contributed by atoms with E-state index in [0.717, 1.165) is 11.2 Å². The van der Waals surface area contributed by atoms with E-state index in [2.05, 4.69) is 102 Å². The van der Waals surface area contributed by atoms with Crippen molar-refractivity contribution in [1.29, 1.82) is 0 Å². The van der Waals surface area contributed by atoms with Crippen LogP contribution in [0.4, 0.5) is 0 Å². The lowest BCUT2D eigenvalue weighted by Crippen LogP contribution is -1.94. The molecule has 0 atom stereocenters. The number of rotatable bonds is 1. The molecule has 0 spiro atoms. The quantitative estimate of drug-likeness (QED) is 0.276. The maximum absolute atomic E-state index is 4.99. The number of hydrogen-bond donors (Lipinski definition) is 0. The van der Waals surface area contributed by atoms with Gasteiger partial charge in [-0.05, 0) is 24.3 Å². The molecule has 0 bridgehead atoms. The number of benzene rings is 4. The Morgan fingerprint density at radius 3 is 2.23 bits per heavy atom. The summed E-state index contributed by atoms with van der Waals surface area (Å²) in [6.45, 7) is 0. The number of para-hydroxylation sites is 2. The second kappa shape index (κ2) is 5.91. The topological polar surface area (TPSA) is 17.8 Å². The van der Waals surface area contributed by atoms with Gasteiger partial charge in [0.2, 0.25) is 0 Å². The Morgan fingerprint density at radius 1 is 0.600 bits per heavy atom. The lowest BCUT2D eigenvalue weighted by molar-refractivity contribution is 1.18. The van der Waals surface area contributed by atoms with E-state index >= 15 is 0 Å². The molecule has 0 aliphatic heterocycles. The molecular weight excluding hydrogens is 384 g/mol. The van der Waals surface area contributed by atoms with Gasteiger partial charge in [0.25, 0.3) is 0 Å². The summed E-state index contributed by atoms with van der Waals surface area (Å²) >= 11 is 1.86. The number of nitrogens with zero attached hydrogens (tertiary/aromatic N) is 2. The highest BCUT2D eigenvalue weighted by atomic mass is 32.1. The SMILES string of the molecule is c1ccc(-n2c3ccccc3c3ncc4c(ccc5c6ccccc6sc54)c32)cc1. The van der Waals surface area contributed by atoms with Crippen molar-refractivity contribution in [3.05, 3.63) is 97.2 Å². The first-order chi connectivity index (χ1) is 14.9. The highest BCUT2D eigenvalue weighted by Crippen LogP contribution is 2.41. The molecule has 7 aromatic rings. The largest absolute Gasteiger partial charge is 0.307 e. The zero-order chi connectivity index (χ0) is 19.7. The molecule has 3 aromatic heterocycles. The molecule has 140 valence electrons. The van der Waals surface area contributed by atoms with Crippen LogP contribution in [0.3, 0.4) is 0 Å². The molecule has 3 heterocycles. The van der Waals surface area contributed by atoms with E-state index in [1.54, 1.807) is 0 Å². The van der Waals surface area contributed by atoms with Crippen LogP contribution in [0.2, 0.25) is 0 Å². The summed E-state index contributed by atoms with van der Waals surface area (Å²) in [5.41, 5.74) is 4.59. The van der Waals surface area contributed by atoms with Gasteiger partial charge in [-0.2, -0.15) is 0 Å². The molecule has 0 saturated heterocycles. The van der Waals surface area contributed by atoms with Gasteiger partial charge in [0, 0.05) is 48.2 Å². The summed E-state index contributed by atoms with van der Waals surface area (Å²) in [5, 5.41) is 6.30. The first-order valence-electron chi connectivity index (χ1n) is 10.1. The van der Waals surface area contributed by atoms with Crippen molar-refractivity contribution in [3.63, 3.8) is 0 Å². The van der Waals surface area contributed by atoms with Crippen LogP contribution in [0, 0.1) is 0 Å². The third-order valence-electron chi connectivity index (χ3n) is 6.03. The van der Waals surface area contributed by atoms with Gasteiger partial charge in [-0.25, -0.2) is 0 Å². The molecule has 2 nitrogen and oxygen atoms in total. The maximum atomic E-state index is 4.99. The molecule has 0 aliphatic carbocycles. The van der Waals surface area contributed by atoms with Crippen molar-refractivity contribution in [1.82, 2.24) is 9.55 Å². The average Bonchev–Trinajstić information content (AvgIpc) is 3.36. The van der Waals surface area contributed by atoms with Gasteiger partial charge in [0.15, 0.2) is 0 Å². The summed E-state index contributed by atoms with van der Waals surface area (Å²) < 4.78 is 5.00. The number of aromatic nitrogens is 2. The van der Waals surface area contributed by atoms with Crippen molar-refractivity contribution >= 4 is 64.2 Å². The number of pyridine rings is 1. The van der Waals surface area contributed by atoms with Crippen molar-refractivity contribution < 1.29 is 0 Å². The Hall–Kier alpha value is -3.69. The predicted octanol–water partition coefficient (Wildman–Crippen LogP) is 7.70. The second-order valence-corrected chi connectivity index (χ2v) is 8.70. The zero-order valence-corrected chi connectivity index (χ0v) is 16.9. The molecule has 4 aromatic carbocycles. The van der Waals surface area contributed by atoms with Crippen LogP contribution in [0.15, 0.2) is 97.2 Å². The van der Waals surface area contributed by atoms with Crippen molar-refractivity contribution in [2.75, 3.05) is 0 Å². The van der Waals surface area contributed by atoms with Gasteiger partial charge in [-0.15, -0.1) is 11.3 Å². The average molecular weight is 401 g/mol. The summed E-state index contributed by atoms with van der Waals surface area (Å²) in [5.74, 6) is 0. The fourth-order valence-electron chi connectivity index (χ4n) is 4.72. The van der Waals surface area contributed by atoms with Crippen LogP contribution in [-0.4, -0.2) is 9.55 Å². The Labute approximate surface area is 176 Å². The molecule has 0 N–H and O–H groups in total. The molecule has 0 radical (unpaired) electrons. The van der Waals surface area contributed by atoms with Crippen LogP contribution < -0.4 is 0 Å². The van der Waals surface area contributed by atoms with Crippen molar-refractivity contribution in [2.45, 2.75) is 0 Å². The summed E-state index contributed by atoms with van der Waals surface area (Å²) in [4.78, 5) is 4.99. The predicted molar refractivity (Wildman–Crippen MR) is 129 cm³/mol. The summed E-state index contributed by atoms with van der Waals surface area (Å²) in [6, 6.07) is 32.4. The second-order valence-electron chi connectivity index (χ2n) is 7.65. The van der Waals surface area contributed by atoms with E-state index < -0.39 is 0 Å². The van der Waals surface area contributed by atoms with Crippen LogP contribution in [-0.2, 0) is 0 Å². The summed E-state index contributed by atoms with van der Waals surface area (Å²) in [6.07, 6.45) is 2.07. The minimum absolute atomic E-state index is 1.06. The highest BCUT2D eigenvalue weighted by Gasteiger charge is 2.17. The third kappa shape index (κ3) is 2.05. The lowest BCUT2D eigenvalue weighted by Gasteiger charge is -2.09. The molecule has 0 saturated carbocycles. The van der Waals surface area contributed by atoms with Crippen LogP contribution in [0.25, 0.3) is 58.6 Å². The monoisotopic (exact) mass is 400 g/mol. The minimum Gasteiger partial charge on any atom is -0.307 e. The van der Waals surface area contributed by atoms with Gasteiger partial charge in [0.1, 0.15) is 0 Å². The Balaban J connectivity index is 1.73. The number of thiophene rings is 1. The molecule has 30 heavy (non-hydrogen) atoms. The molecule has 7 rings (SSSR count). The maximum Gasteiger partial charge on any atom is 0.0970 e. The standard InChI is InChI=1S/C27H16N2S/c1-2-8-17(9-3-1)29-23-12-6-4-11-21(23)25-26(29)19-14-15-20-18-10-5-7-13-24(18)30-27(20)22(19)16-28-25/h1-16H. The smallest absolute Gasteiger partial charge is 0.0970 e. The van der Waals surface area contributed by atoms with Crippen LogP contribution >= 0.6 is 11.3 Å². The van der Waals surface area contributed by atoms with E-state index in [-0.39, 0.29) is 0 Å². The van der Waals surface area contributed by atoms with E-state index in [0.29, 0.717) is 0 Å². The number of fused-ring (bicyclic) bond motifs is 9. The lowest BCUT2D eigenvalue weighted by atomic mass is 10.1. The minimum atomic E-state index is 1.06. The Morgan fingerprint density at radius 2 is 1.33 bits per heavy atom. The molecular formula is C27H16N2S. The number of hydrogen-bond acceptors (Lipinski definition) is 2. The van der Waals surface area contributed by atoms with Crippen molar-refractivity contribution in [2.24, 2.45) is 0 Å². The summed E-state index contributed by atoms with van der Waals surface area (Å²) in [7, 11) is 0. The highest BCUT2D eigenvalue weighted by molar-refractivity contribution is 7.26. The van der Waals surface area contributed by atoms with Crippen molar-refractivity contribution in [3.8, 4) is 5.69 Å². The molecule has 3 heteroatoms. The Kier molecular flexibility index (Phi) is 3.18. The van der Waals surface area contributed by atoms with E-state index in [9.17, 15) is 0 Å². The van der Waals surface area contributed by atoms with Crippen LogP contribution in [0.5, 0.6) is 0 Å². The molecule has 0 unspecified atom stereocenters. The van der Waals surface area contributed by atoms with Crippen LogP contribution in [0.1, 0.15) is 0 Å². The van der Waals surface area contributed by atoms with Gasteiger partial charge < -0.3 is 4.57 Å². The first kappa shape index (κ1) is 16.1. The normalized spacial score (nSPS) is 12.0. The van der Waals surface area contributed by atoms with Gasteiger partial charge in [0.05, 0.1) is 16.6 Å². The van der Waals surface area contributed by atoms with E-state index in [1.807, 2.05) is 11.3 Å². The molecule has 0 aliphatic rings. The van der Waals surface area contributed by atoms with Gasteiger partial charge >= 0.3 is 0 Å². The fourth-order valence-corrected chi connectivity index (χ4v) is 5.94. The van der Waals surface area contributed by atoms with Gasteiger partial charge in [-0.3, -0.25) is 4.98 Å². The zero-order valence-electron chi connectivity index (χ0n) is 16.0. The van der Waals surface area contributed by atoms with Gasteiger partial charge in [-0.1, -0.05) is 66.7 Å². The Bertz CT molecular complexity index is 1740. The fraction of sp³-hybridized carbons (Fsp3) is 0.